The van der Waals surface area contributed by atoms with Gasteiger partial charge in [-0.15, -0.1) is 0 Å². The molecule has 1 N–H and O–H groups in total. The maximum Gasteiger partial charge on any atom is 0.264 e. The highest BCUT2D eigenvalue weighted by molar-refractivity contribution is 14.1. The molecule has 5 atom stereocenters. The third-order valence-corrected chi connectivity index (χ3v) is 14.2. The van der Waals surface area contributed by atoms with Gasteiger partial charge in [0.15, 0.2) is 5.60 Å². The summed E-state index contributed by atoms with van der Waals surface area (Å²) in [4.78, 5) is 31.2. The van der Waals surface area contributed by atoms with Gasteiger partial charge in [-0.1, -0.05) is 37.3 Å². The number of benzene rings is 2. The van der Waals surface area contributed by atoms with Crippen molar-refractivity contribution in [2.24, 2.45) is 5.92 Å². The van der Waals surface area contributed by atoms with Gasteiger partial charge in [0.05, 0.1) is 46.0 Å². The van der Waals surface area contributed by atoms with Gasteiger partial charge in [-0.2, -0.15) is 0 Å². The number of aliphatic hydroxyl groups is 1. The molecule has 0 aromatic heterocycles. The molecule has 1 spiro atoms. The van der Waals surface area contributed by atoms with Crippen LogP contribution >= 0.6 is 22.6 Å². The Balaban J connectivity index is 1.59. The lowest BCUT2D eigenvalue weighted by Crippen LogP contribution is -2.52. The Kier molecular flexibility index (Phi) is 7.43. The average Bonchev–Trinajstić information content (AvgIpc) is 3.55. The number of anilines is 1. The molecule has 2 aromatic rings. The fourth-order valence-electron chi connectivity index (χ4n) is 7.23. The molecular formula is C29H37IN2O5Si. The van der Waals surface area contributed by atoms with Crippen molar-refractivity contribution in [2.45, 2.75) is 62.6 Å². The standard InChI is InChI=1S/C29H37IN2O5Si/c1-18-27(38(4,5)22-11-9-21(36-3)10-12-22)25(16-26(34)32-14-6-7-20(32)17-33)37-29(18)23-15-19(30)8-13-24(23)31(2)28(29)35/h8-13,15,18,20,25,27,33H,6-7,14,16-17H2,1-5H3/t18-,20-,25+,27-,29+/m0/s1. The lowest BCUT2D eigenvalue weighted by Gasteiger charge is -2.37. The molecule has 3 heterocycles. The third kappa shape index (κ3) is 4.20. The largest absolute Gasteiger partial charge is 0.497 e. The maximum atomic E-state index is 14.1. The number of likely N-dealkylation sites (tertiary alicyclic amines) is 1. The molecule has 2 saturated heterocycles. The molecule has 3 aliphatic rings. The van der Waals surface area contributed by atoms with E-state index in [4.69, 9.17) is 9.47 Å². The molecule has 0 unspecified atom stereocenters. The van der Waals surface area contributed by atoms with Crippen LogP contribution < -0.4 is 14.8 Å². The van der Waals surface area contributed by atoms with E-state index in [0.717, 1.165) is 33.4 Å². The molecule has 204 valence electrons. The number of halogens is 1. The molecule has 2 aromatic carbocycles. The summed E-state index contributed by atoms with van der Waals surface area (Å²) in [7, 11) is 1.18. The van der Waals surface area contributed by atoms with Crippen LogP contribution in [-0.2, 0) is 19.9 Å². The maximum absolute atomic E-state index is 14.1. The Labute approximate surface area is 239 Å². The van der Waals surface area contributed by atoms with Gasteiger partial charge in [0.25, 0.3) is 5.91 Å². The van der Waals surface area contributed by atoms with Crippen molar-refractivity contribution in [1.82, 2.24) is 4.90 Å². The predicted molar refractivity (Wildman–Crippen MR) is 159 cm³/mol. The van der Waals surface area contributed by atoms with Crippen molar-refractivity contribution < 1.29 is 24.2 Å². The number of ether oxygens (including phenoxy) is 2. The highest BCUT2D eigenvalue weighted by Crippen LogP contribution is 2.59. The van der Waals surface area contributed by atoms with Crippen LogP contribution in [0.15, 0.2) is 42.5 Å². The van der Waals surface area contributed by atoms with Gasteiger partial charge in [-0.25, -0.2) is 0 Å². The Morgan fingerprint density at radius 3 is 2.61 bits per heavy atom. The summed E-state index contributed by atoms with van der Waals surface area (Å²) in [6, 6.07) is 14.2. The van der Waals surface area contributed by atoms with Crippen LogP contribution in [0.2, 0.25) is 18.6 Å². The normalized spacial score (nSPS) is 28.9. The number of carbonyl (C=O) groups is 2. The second-order valence-electron chi connectivity index (χ2n) is 11.5. The Bertz CT molecular complexity index is 1240. The van der Waals surface area contributed by atoms with Crippen LogP contribution in [0.3, 0.4) is 0 Å². The molecule has 0 saturated carbocycles. The molecule has 0 bridgehead atoms. The molecule has 2 fully saturated rings. The second kappa shape index (κ2) is 10.2. The van der Waals surface area contributed by atoms with Crippen molar-refractivity contribution in [3.8, 4) is 5.75 Å². The first-order valence-corrected chi connectivity index (χ1v) is 17.5. The number of nitrogens with zero attached hydrogens (tertiary/aromatic N) is 2. The first-order valence-electron chi connectivity index (χ1n) is 13.4. The van der Waals surface area contributed by atoms with E-state index in [2.05, 4.69) is 60.8 Å². The summed E-state index contributed by atoms with van der Waals surface area (Å²) in [5.74, 6) is 0.612. The summed E-state index contributed by atoms with van der Waals surface area (Å²) >= 11 is 2.29. The molecule has 38 heavy (non-hydrogen) atoms. The van der Waals surface area contributed by atoms with Crippen LogP contribution in [0.25, 0.3) is 0 Å². The van der Waals surface area contributed by atoms with E-state index in [9.17, 15) is 14.7 Å². The molecule has 5 rings (SSSR count). The first kappa shape index (κ1) is 27.6. The lowest BCUT2D eigenvalue weighted by atomic mass is 9.82. The van der Waals surface area contributed by atoms with E-state index < -0.39 is 19.8 Å². The fourth-order valence-corrected chi connectivity index (χ4v) is 11.7. The van der Waals surface area contributed by atoms with Crippen LogP contribution in [-0.4, -0.2) is 69.3 Å². The molecule has 0 radical (unpaired) electrons. The quantitative estimate of drug-likeness (QED) is 0.381. The zero-order valence-electron chi connectivity index (χ0n) is 22.7. The number of aliphatic hydroxyl groups excluding tert-OH is 1. The number of likely N-dealkylation sites (N-methyl/N-ethyl adjacent to an activating group) is 1. The molecule has 3 aliphatic heterocycles. The van der Waals surface area contributed by atoms with Gasteiger partial charge < -0.3 is 24.4 Å². The van der Waals surface area contributed by atoms with Gasteiger partial charge in [0.1, 0.15) is 5.75 Å². The van der Waals surface area contributed by atoms with Crippen LogP contribution in [0.1, 0.15) is 31.7 Å². The highest BCUT2D eigenvalue weighted by atomic mass is 127. The first-order chi connectivity index (χ1) is 18.1. The van der Waals surface area contributed by atoms with E-state index in [1.165, 1.54) is 5.19 Å². The lowest BCUT2D eigenvalue weighted by molar-refractivity contribution is -0.149. The molecule has 9 heteroatoms. The fraction of sp³-hybridized carbons (Fsp3) is 0.517. The van der Waals surface area contributed by atoms with Gasteiger partial charge in [-0.05, 0) is 71.3 Å². The Morgan fingerprint density at radius 2 is 1.95 bits per heavy atom. The zero-order valence-corrected chi connectivity index (χ0v) is 25.9. The van der Waals surface area contributed by atoms with Crippen molar-refractivity contribution in [1.29, 1.82) is 0 Å². The van der Waals surface area contributed by atoms with Crippen LogP contribution in [0.4, 0.5) is 5.69 Å². The summed E-state index contributed by atoms with van der Waals surface area (Å²) in [5.41, 5.74) is 0.658. The van der Waals surface area contributed by atoms with E-state index in [1.54, 1.807) is 12.0 Å². The molecule has 7 nitrogen and oxygen atoms in total. The van der Waals surface area contributed by atoms with E-state index >= 15 is 0 Å². The number of hydrogen-bond donors (Lipinski definition) is 1. The van der Waals surface area contributed by atoms with Gasteiger partial charge >= 0.3 is 0 Å². The van der Waals surface area contributed by atoms with Gasteiger partial charge in [-0.3, -0.25) is 9.59 Å². The summed E-state index contributed by atoms with van der Waals surface area (Å²) in [5, 5.41) is 11.1. The van der Waals surface area contributed by atoms with Crippen molar-refractivity contribution >= 4 is 53.4 Å². The van der Waals surface area contributed by atoms with Crippen LogP contribution in [0, 0.1) is 9.49 Å². The van der Waals surface area contributed by atoms with Crippen molar-refractivity contribution in [2.75, 3.05) is 32.2 Å². The monoisotopic (exact) mass is 648 g/mol. The van der Waals surface area contributed by atoms with E-state index in [0.29, 0.717) is 6.54 Å². The number of carbonyl (C=O) groups excluding carboxylic acids is 2. The zero-order chi connectivity index (χ0) is 27.4. The molecular weight excluding hydrogens is 611 g/mol. The number of methoxy groups -OCH3 is 1. The number of rotatable bonds is 6. The van der Waals surface area contributed by atoms with Crippen molar-refractivity contribution in [3.05, 3.63) is 51.6 Å². The third-order valence-electron chi connectivity index (χ3n) is 9.21. The molecule has 2 amide bonds. The predicted octanol–water partition coefficient (Wildman–Crippen LogP) is 3.87. The number of fused-ring (bicyclic) bond motifs is 2. The average molecular weight is 649 g/mol. The minimum absolute atomic E-state index is 0.00185. The SMILES string of the molecule is COc1ccc([Si](C)(C)[C@@H]2[C@@H](CC(=O)N3CCC[C@H]3CO)O[C@]3(C(=O)N(C)c4ccc(I)cc43)[C@H]2C)cc1. The summed E-state index contributed by atoms with van der Waals surface area (Å²) in [6.45, 7) is 7.41. The van der Waals surface area contributed by atoms with Crippen LogP contribution in [0.5, 0.6) is 5.75 Å². The summed E-state index contributed by atoms with van der Waals surface area (Å²) in [6.07, 6.45) is 1.50. The summed E-state index contributed by atoms with van der Waals surface area (Å²) < 4.78 is 13.4. The second-order valence-corrected chi connectivity index (χ2v) is 17.4. The highest BCUT2D eigenvalue weighted by Gasteiger charge is 2.66. The topological polar surface area (TPSA) is 79.3 Å². The Morgan fingerprint density at radius 1 is 1.24 bits per heavy atom. The van der Waals surface area contributed by atoms with E-state index in [1.807, 2.05) is 36.2 Å². The minimum atomic E-state index is -2.29. The molecule has 0 aliphatic carbocycles. The number of hydrogen-bond acceptors (Lipinski definition) is 5. The van der Waals surface area contributed by atoms with E-state index in [-0.39, 0.29) is 42.3 Å². The Hall–Kier alpha value is -1.95. The smallest absolute Gasteiger partial charge is 0.264 e. The minimum Gasteiger partial charge on any atom is -0.497 e. The van der Waals surface area contributed by atoms with Crippen molar-refractivity contribution in [3.63, 3.8) is 0 Å². The van der Waals surface area contributed by atoms with Gasteiger partial charge in [0, 0.05) is 28.6 Å². The number of amides is 2. The van der Waals surface area contributed by atoms with Gasteiger partial charge in [0.2, 0.25) is 5.91 Å².